The number of aromatic nitrogens is 4. The quantitative estimate of drug-likeness (QED) is 0.608. The first-order valence-electron chi connectivity index (χ1n) is 7.56. The van der Waals surface area contributed by atoms with Crippen molar-refractivity contribution in [2.45, 2.75) is 13.0 Å². The fourth-order valence-corrected chi connectivity index (χ4v) is 3.16. The van der Waals surface area contributed by atoms with E-state index in [9.17, 15) is 4.79 Å². The van der Waals surface area contributed by atoms with Gasteiger partial charge in [0.1, 0.15) is 0 Å². The third-order valence-electron chi connectivity index (χ3n) is 3.71. The minimum absolute atomic E-state index is 0.0149. The van der Waals surface area contributed by atoms with Crippen molar-refractivity contribution in [1.29, 1.82) is 0 Å². The Morgan fingerprint density at radius 3 is 2.83 bits per heavy atom. The maximum atomic E-state index is 12.0. The zero-order valence-corrected chi connectivity index (χ0v) is 13.6. The van der Waals surface area contributed by atoms with Crippen molar-refractivity contribution in [2.75, 3.05) is 5.32 Å². The number of rotatable bonds is 5. The largest absolute Gasteiger partial charge is 0.337 e. The fourth-order valence-electron chi connectivity index (χ4n) is 2.46. The zero-order chi connectivity index (χ0) is 16.4. The number of carbonyl (C=O) groups is 1. The molecule has 3 aromatic heterocycles. The van der Waals surface area contributed by atoms with Gasteiger partial charge >= 0.3 is 0 Å². The molecule has 0 atom stereocenters. The van der Waals surface area contributed by atoms with Gasteiger partial charge in [0.25, 0.3) is 0 Å². The van der Waals surface area contributed by atoms with Crippen LogP contribution in [0, 0.1) is 0 Å². The number of thiazole rings is 1. The average Bonchev–Trinajstić information content (AvgIpc) is 3.30. The molecule has 6 nitrogen and oxygen atoms in total. The SMILES string of the molecule is O=C(CCn1ccnc1)Nc1ccc(-c2cn3ccsc3n2)cc1. The van der Waals surface area contributed by atoms with Crippen molar-refractivity contribution < 1.29 is 4.79 Å². The van der Waals surface area contributed by atoms with Gasteiger partial charge in [0.15, 0.2) is 4.96 Å². The van der Waals surface area contributed by atoms with Crippen molar-refractivity contribution in [1.82, 2.24) is 18.9 Å². The van der Waals surface area contributed by atoms with Crippen LogP contribution < -0.4 is 5.32 Å². The second kappa shape index (κ2) is 6.29. The van der Waals surface area contributed by atoms with Crippen LogP contribution in [0.2, 0.25) is 0 Å². The molecule has 24 heavy (non-hydrogen) atoms. The highest BCUT2D eigenvalue weighted by Crippen LogP contribution is 2.23. The molecule has 7 heteroatoms. The van der Waals surface area contributed by atoms with Crippen LogP contribution in [0.25, 0.3) is 16.2 Å². The van der Waals surface area contributed by atoms with E-state index < -0.39 is 0 Å². The summed E-state index contributed by atoms with van der Waals surface area (Å²) in [7, 11) is 0. The topological polar surface area (TPSA) is 64.2 Å². The summed E-state index contributed by atoms with van der Waals surface area (Å²) >= 11 is 1.61. The van der Waals surface area contributed by atoms with Crippen LogP contribution in [0.5, 0.6) is 0 Å². The van der Waals surface area contributed by atoms with Crippen molar-refractivity contribution >= 4 is 27.9 Å². The van der Waals surface area contributed by atoms with E-state index in [1.54, 1.807) is 23.9 Å². The number of carbonyl (C=O) groups excluding carboxylic acids is 1. The molecule has 1 aromatic carbocycles. The van der Waals surface area contributed by atoms with Crippen LogP contribution in [0.1, 0.15) is 6.42 Å². The Hall–Kier alpha value is -2.93. The summed E-state index contributed by atoms with van der Waals surface area (Å²) < 4.78 is 3.89. The molecule has 120 valence electrons. The molecule has 0 aliphatic rings. The van der Waals surface area contributed by atoms with E-state index in [0.29, 0.717) is 13.0 Å². The average molecular weight is 337 g/mol. The Labute approximate surface area is 142 Å². The number of imidazole rings is 2. The fraction of sp³-hybridized carbons (Fsp3) is 0.118. The van der Waals surface area contributed by atoms with Crippen molar-refractivity contribution in [3.05, 3.63) is 60.8 Å². The monoisotopic (exact) mass is 337 g/mol. The number of amides is 1. The van der Waals surface area contributed by atoms with Gasteiger partial charge in [0, 0.05) is 54.4 Å². The molecule has 0 radical (unpaired) electrons. The summed E-state index contributed by atoms with van der Waals surface area (Å²) in [5.74, 6) is -0.0149. The van der Waals surface area contributed by atoms with Crippen LogP contribution in [0.15, 0.2) is 60.8 Å². The predicted octanol–water partition coefficient (Wildman–Crippen LogP) is 3.29. The molecule has 0 spiro atoms. The van der Waals surface area contributed by atoms with Crippen LogP contribution in [-0.4, -0.2) is 24.8 Å². The smallest absolute Gasteiger partial charge is 0.226 e. The van der Waals surface area contributed by atoms with E-state index in [1.165, 1.54) is 0 Å². The lowest BCUT2D eigenvalue weighted by Crippen LogP contribution is -2.13. The van der Waals surface area contributed by atoms with E-state index in [-0.39, 0.29) is 5.91 Å². The minimum atomic E-state index is -0.0149. The summed E-state index contributed by atoms with van der Waals surface area (Å²) in [6.45, 7) is 0.620. The van der Waals surface area contributed by atoms with Crippen molar-refractivity contribution in [3.8, 4) is 11.3 Å². The molecule has 4 rings (SSSR count). The van der Waals surface area contributed by atoms with Gasteiger partial charge in [0.2, 0.25) is 5.91 Å². The predicted molar refractivity (Wildman–Crippen MR) is 94.0 cm³/mol. The molecule has 0 aliphatic heterocycles. The molecule has 1 amide bonds. The third-order valence-corrected chi connectivity index (χ3v) is 4.48. The summed E-state index contributed by atoms with van der Waals surface area (Å²) in [6, 6.07) is 7.74. The molecule has 0 fully saturated rings. The third kappa shape index (κ3) is 3.07. The first kappa shape index (κ1) is 14.6. The van der Waals surface area contributed by atoms with E-state index in [0.717, 1.165) is 21.9 Å². The van der Waals surface area contributed by atoms with E-state index in [1.807, 2.05) is 57.2 Å². The molecule has 0 aliphatic carbocycles. The molecule has 0 unspecified atom stereocenters. The number of nitrogens with zero attached hydrogens (tertiary/aromatic N) is 4. The summed E-state index contributed by atoms with van der Waals surface area (Å²) in [5, 5.41) is 4.92. The van der Waals surface area contributed by atoms with Crippen LogP contribution in [0.3, 0.4) is 0 Å². The molecule has 4 aromatic rings. The van der Waals surface area contributed by atoms with E-state index in [2.05, 4.69) is 15.3 Å². The highest BCUT2D eigenvalue weighted by atomic mass is 32.1. The maximum Gasteiger partial charge on any atom is 0.226 e. The number of nitrogens with one attached hydrogen (secondary N) is 1. The van der Waals surface area contributed by atoms with Crippen LogP contribution in [-0.2, 0) is 11.3 Å². The van der Waals surface area contributed by atoms with Crippen molar-refractivity contribution in [2.24, 2.45) is 0 Å². The lowest BCUT2D eigenvalue weighted by molar-refractivity contribution is -0.116. The van der Waals surface area contributed by atoms with Crippen LogP contribution in [0.4, 0.5) is 5.69 Å². The second-order valence-corrected chi connectivity index (χ2v) is 6.27. The van der Waals surface area contributed by atoms with E-state index in [4.69, 9.17) is 0 Å². The molecule has 3 heterocycles. The van der Waals surface area contributed by atoms with Gasteiger partial charge in [0.05, 0.1) is 12.0 Å². The Balaban J connectivity index is 1.40. The Bertz CT molecular complexity index is 924. The van der Waals surface area contributed by atoms with Gasteiger partial charge in [-0.05, 0) is 12.1 Å². The van der Waals surface area contributed by atoms with Gasteiger partial charge in [-0.3, -0.25) is 9.20 Å². The zero-order valence-electron chi connectivity index (χ0n) is 12.8. The standard InChI is InChI=1S/C17H15N5OS/c23-16(5-7-21-8-6-18-12-21)19-14-3-1-13(2-4-14)15-11-22-9-10-24-17(22)20-15/h1-4,6,8-12H,5,7H2,(H,19,23). The molecule has 0 bridgehead atoms. The molecule has 0 saturated carbocycles. The van der Waals surface area contributed by atoms with Gasteiger partial charge in [-0.15, -0.1) is 11.3 Å². The maximum absolute atomic E-state index is 12.0. The number of aryl methyl sites for hydroxylation is 1. The number of hydrogen-bond donors (Lipinski definition) is 1. The van der Waals surface area contributed by atoms with Gasteiger partial charge < -0.3 is 9.88 Å². The highest BCUT2D eigenvalue weighted by Gasteiger charge is 2.06. The molecular weight excluding hydrogens is 322 g/mol. The second-order valence-electron chi connectivity index (χ2n) is 5.40. The van der Waals surface area contributed by atoms with Gasteiger partial charge in [-0.25, -0.2) is 9.97 Å². The first-order valence-corrected chi connectivity index (χ1v) is 8.44. The lowest BCUT2D eigenvalue weighted by atomic mass is 10.1. The normalized spacial score (nSPS) is 11.0. The summed E-state index contributed by atoms with van der Waals surface area (Å²) in [4.78, 5) is 21.5. The Morgan fingerprint density at radius 1 is 1.21 bits per heavy atom. The summed E-state index contributed by atoms with van der Waals surface area (Å²) in [5.41, 5.74) is 2.75. The lowest BCUT2D eigenvalue weighted by Gasteiger charge is -2.06. The Kier molecular flexibility index (Phi) is 3.84. The summed E-state index contributed by atoms with van der Waals surface area (Å²) in [6.07, 6.45) is 9.66. The number of anilines is 1. The van der Waals surface area contributed by atoms with Gasteiger partial charge in [-0.2, -0.15) is 0 Å². The number of fused-ring (bicyclic) bond motifs is 1. The van der Waals surface area contributed by atoms with Crippen LogP contribution >= 0.6 is 11.3 Å². The van der Waals surface area contributed by atoms with Gasteiger partial charge in [-0.1, -0.05) is 12.1 Å². The molecule has 1 N–H and O–H groups in total. The van der Waals surface area contributed by atoms with E-state index >= 15 is 0 Å². The molecular formula is C17H15N5OS. The highest BCUT2D eigenvalue weighted by molar-refractivity contribution is 7.15. The Morgan fingerprint density at radius 2 is 2.08 bits per heavy atom. The minimum Gasteiger partial charge on any atom is -0.337 e. The van der Waals surface area contributed by atoms with Crippen molar-refractivity contribution in [3.63, 3.8) is 0 Å². The number of hydrogen-bond acceptors (Lipinski definition) is 4. The molecule has 0 saturated heterocycles. The number of benzene rings is 1. The first-order chi connectivity index (χ1) is 11.8.